The van der Waals surface area contributed by atoms with Gasteiger partial charge in [-0.15, -0.1) is 0 Å². The molecule has 11 nitrogen and oxygen atoms in total. The normalized spacial score (nSPS) is 28.3. The van der Waals surface area contributed by atoms with Gasteiger partial charge < -0.3 is 30.9 Å². The fourth-order valence-corrected chi connectivity index (χ4v) is 2.64. The number of carboxylic acid groups (broad SMARTS) is 1. The summed E-state index contributed by atoms with van der Waals surface area (Å²) in [6.45, 7) is -0.449. The van der Waals surface area contributed by atoms with Crippen molar-refractivity contribution >= 4 is 17.1 Å². The van der Waals surface area contributed by atoms with Gasteiger partial charge in [0, 0.05) is 6.42 Å². The van der Waals surface area contributed by atoms with Crippen molar-refractivity contribution in [2.45, 2.75) is 37.0 Å². The van der Waals surface area contributed by atoms with Crippen molar-refractivity contribution in [3.63, 3.8) is 0 Å². The Labute approximate surface area is 135 Å². The van der Waals surface area contributed by atoms with E-state index in [1.807, 2.05) is 0 Å². The van der Waals surface area contributed by atoms with Gasteiger partial charge in [-0.3, -0.25) is 9.36 Å². The third-order valence-corrected chi connectivity index (χ3v) is 3.96. The lowest BCUT2D eigenvalue weighted by Crippen LogP contribution is -2.33. The van der Waals surface area contributed by atoms with Crippen LogP contribution in [0, 0.1) is 0 Å². The van der Waals surface area contributed by atoms with Crippen LogP contribution in [0.4, 0.5) is 0 Å². The summed E-state index contributed by atoms with van der Waals surface area (Å²) >= 11 is 0. The van der Waals surface area contributed by atoms with Crippen molar-refractivity contribution in [3.05, 3.63) is 18.3 Å². The monoisotopic (exact) mass is 339 g/mol. The number of hydrogen-bond acceptors (Lipinski definition) is 9. The maximum Gasteiger partial charge on any atom is 0.320 e. The molecule has 2 aromatic heterocycles. The molecule has 1 fully saturated rings. The second-order valence-electron chi connectivity index (χ2n) is 5.52. The summed E-state index contributed by atoms with van der Waals surface area (Å²) in [4.78, 5) is 23.1. The van der Waals surface area contributed by atoms with Crippen LogP contribution in [0.25, 0.3) is 11.2 Å². The van der Waals surface area contributed by atoms with Crippen LogP contribution < -0.4 is 5.73 Å². The van der Waals surface area contributed by atoms with Crippen LogP contribution in [-0.4, -0.2) is 76.9 Å². The van der Waals surface area contributed by atoms with Gasteiger partial charge in [0.15, 0.2) is 11.9 Å². The van der Waals surface area contributed by atoms with Gasteiger partial charge in [0.1, 0.15) is 36.2 Å². The molecule has 5 atom stereocenters. The van der Waals surface area contributed by atoms with E-state index in [4.69, 9.17) is 20.7 Å². The lowest BCUT2D eigenvalue weighted by molar-refractivity contribution is -0.138. The molecule has 1 aliphatic rings. The predicted octanol–water partition coefficient (Wildman–Crippen LogP) is -2.61. The third kappa shape index (κ3) is 2.72. The first kappa shape index (κ1) is 16.7. The molecule has 6 N–H and O–H groups in total. The molecule has 1 unspecified atom stereocenters. The van der Waals surface area contributed by atoms with Crippen molar-refractivity contribution in [1.29, 1.82) is 0 Å². The molecule has 2 aromatic rings. The van der Waals surface area contributed by atoms with E-state index >= 15 is 0 Å². The molecule has 24 heavy (non-hydrogen) atoms. The zero-order valence-corrected chi connectivity index (χ0v) is 12.4. The summed E-state index contributed by atoms with van der Waals surface area (Å²) in [5.74, 6) is -1.16. The summed E-state index contributed by atoms with van der Waals surface area (Å²) < 4.78 is 6.84. The number of nitrogens with zero attached hydrogens (tertiary/aromatic N) is 4. The molecular formula is C13H17N5O6. The minimum Gasteiger partial charge on any atom is -0.480 e. The third-order valence-electron chi connectivity index (χ3n) is 3.96. The molecule has 0 aliphatic carbocycles. The van der Waals surface area contributed by atoms with Crippen molar-refractivity contribution in [1.82, 2.24) is 19.5 Å². The van der Waals surface area contributed by atoms with Crippen LogP contribution in [0.2, 0.25) is 0 Å². The number of rotatable bonds is 5. The standard InChI is InChI=1S/C13H17N5O6/c14-5(13(22)23)1-6-8-11(16-3-15-6)18(4-17-8)12-10(21)9(20)7(2-19)24-12/h3-5,7,9-10,12,19-21H,1-2,14H2,(H,22,23)/t5?,7-,9-,10-,12-/m1/s1. The minimum atomic E-state index is -1.28. The summed E-state index contributed by atoms with van der Waals surface area (Å²) in [6.07, 6.45) is -1.91. The molecule has 0 saturated carbocycles. The Morgan fingerprint density at radius 2 is 2.08 bits per heavy atom. The van der Waals surface area contributed by atoms with Crippen molar-refractivity contribution in [3.8, 4) is 0 Å². The second kappa shape index (κ2) is 6.37. The Morgan fingerprint density at radius 1 is 1.33 bits per heavy atom. The average molecular weight is 339 g/mol. The quantitative estimate of drug-likeness (QED) is 0.388. The Hall–Kier alpha value is -2.18. The Morgan fingerprint density at radius 3 is 2.71 bits per heavy atom. The zero-order valence-electron chi connectivity index (χ0n) is 12.4. The zero-order chi connectivity index (χ0) is 17.4. The molecule has 0 amide bonds. The van der Waals surface area contributed by atoms with E-state index in [1.165, 1.54) is 17.2 Å². The molecule has 130 valence electrons. The van der Waals surface area contributed by atoms with Gasteiger partial charge in [-0.25, -0.2) is 15.0 Å². The number of imidazole rings is 1. The number of ether oxygens (including phenoxy) is 1. The minimum absolute atomic E-state index is 0.0403. The molecule has 3 rings (SSSR count). The number of carbonyl (C=O) groups is 1. The predicted molar refractivity (Wildman–Crippen MR) is 77.6 cm³/mol. The Balaban J connectivity index is 1.96. The molecule has 11 heteroatoms. The maximum atomic E-state index is 10.9. The first-order valence-corrected chi connectivity index (χ1v) is 7.21. The molecule has 0 bridgehead atoms. The number of carboxylic acids is 1. The average Bonchev–Trinajstić information content (AvgIpc) is 3.10. The molecule has 3 heterocycles. The summed E-state index contributed by atoms with van der Waals surface area (Å²) in [7, 11) is 0. The SMILES string of the molecule is NC(Cc1ncnc2c1ncn2[C@@H]1O[C@H](CO)[C@@H](O)[C@H]1O)C(=O)O. The highest BCUT2D eigenvalue weighted by molar-refractivity contribution is 5.77. The topological polar surface area (TPSA) is 177 Å². The molecule has 0 spiro atoms. The van der Waals surface area contributed by atoms with Crippen LogP contribution in [0.1, 0.15) is 11.9 Å². The first-order chi connectivity index (χ1) is 11.4. The van der Waals surface area contributed by atoms with E-state index in [0.717, 1.165) is 0 Å². The number of aliphatic hydroxyl groups excluding tert-OH is 3. The summed E-state index contributed by atoms with van der Waals surface area (Å²) in [5, 5.41) is 38.0. The molecule has 0 radical (unpaired) electrons. The van der Waals surface area contributed by atoms with Crippen LogP contribution in [0.5, 0.6) is 0 Å². The van der Waals surface area contributed by atoms with E-state index < -0.39 is 43.2 Å². The van der Waals surface area contributed by atoms with Gasteiger partial charge in [0.05, 0.1) is 18.6 Å². The summed E-state index contributed by atoms with van der Waals surface area (Å²) in [6, 6.07) is -1.14. The van der Waals surface area contributed by atoms with Crippen LogP contribution in [-0.2, 0) is 16.0 Å². The highest BCUT2D eigenvalue weighted by atomic mass is 16.6. The molecule has 1 saturated heterocycles. The number of fused-ring (bicyclic) bond motifs is 1. The molecule has 1 aliphatic heterocycles. The fraction of sp³-hybridized carbons (Fsp3) is 0.538. The van der Waals surface area contributed by atoms with Gasteiger partial charge in [0.25, 0.3) is 0 Å². The Kier molecular flexibility index (Phi) is 4.43. The van der Waals surface area contributed by atoms with Crippen LogP contribution in [0.3, 0.4) is 0 Å². The van der Waals surface area contributed by atoms with Gasteiger partial charge in [-0.2, -0.15) is 0 Å². The second-order valence-corrected chi connectivity index (χ2v) is 5.52. The van der Waals surface area contributed by atoms with Gasteiger partial charge in [-0.05, 0) is 0 Å². The van der Waals surface area contributed by atoms with Gasteiger partial charge in [-0.1, -0.05) is 0 Å². The van der Waals surface area contributed by atoms with Crippen molar-refractivity contribution in [2.24, 2.45) is 5.73 Å². The highest BCUT2D eigenvalue weighted by Crippen LogP contribution is 2.31. The largest absolute Gasteiger partial charge is 0.480 e. The van der Waals surface area contributed by atoms with Crippen LogP contribution >= 0.6 is 0 Å². The van der Waals surface area contributed by atoms with Crippen molar-refractivity contribution < 1.29 is 30.0 Å². The van der Waals surface area contributed by atoms with E-state index in [1.54, 1.807) is 0 Å². The number of hydrogen-bond donors (Lipinski definition) is 5. The number of aliphatic carboxylic acids is 1. The molecular weight excluding hydrogens is 322 g/mol. The highest BCUT2D eigenvalue weighted by Gasteiger charge is 2.44. The smallest absolute Gasteiger partial charge is 0.320 e. The van der Waals surface area contributed by atoms with Gasteiger partial charge >= 0.3 is 5.97 Å². The van der Waals surface area contributed by atoms with Crippen LogP contribution in [0.15, 0.2) is 12.7 Å². The summed E-state index contributed by atoms with van der Waals surface area (Å²) in [5.41, 5.74) is 6.50. The number of aromatic nitrogens is 4. The van der Waals surface area contributed by atoms with Gasteiger partial charge in [0.2, 0.25) is 0 Å². The van der Waals surface area contributed by atoms with E-state index in [9.17, 15) is 15.0 Å². The van der Waals surface area contributed by atoms with Crippen molar-refractivity contribution in [2.75, 3.05) is 6.61 Å². The van der Waals surface area contributed by atoms with E-state index in [2.05, 4.69) is 15.0 Å². The molecule has 0 aromatic carbocycles. The Bertz CT molecular complexity index is 752. The lowest BCUT2D eigenvalue weighted by atomic mass is 10.1. The van der Waals surface area contributed by atoms with E-state index in [-0.39, 0.29) is 6.42 Å². The van der Waals surface area contributed by atoms with E-state index in [0.29, 0.717) is 16.9 Å². The lowest BCUT2D eigenvalue weighted by Gasteiger charge is -2.16. The number of nitrogens with two attached hydrogens (primary N) is 1. The number of aliphatic hydroxyl groups is 3. The fourth-order valence-electron chi connectivity index (χ4n) is 2.64. The first-order valence-electron chi connectivity index (χ1n) is 7.21. The maximum absolute atomic E-state index is 10.9.